The first kappa shape index (κ1) is 19.3. The zero-order chi connectivity index (χ0) is 18.1. The van der Waals surface area contributed by atoms with Crippen molar-refractivity contribution in [2.45, 2.75) is 13.0 Å². The van der Waals surface area contributed by atoms with Crippen LogP contribution < -0.4 is 10.6 Å². The molecule has 0 bridgehead atoms. The summed E-state index contributed by atoms with van der Waals surface area (Å²) in [6.45, 7) is 2.11. The highest BCUT2D eigenvalue weighted by atomic mass is 35.5. The molecule has 0 aliphatic rings. The van der Waals surface area contributed by atoms with Gasteiger partial charge in [-0.05, 0) is 35.6 Å². The maximum absolute atomic E-state index is 11.8. The van der Waals surface area contributed by atoms with E-state index in [1.807, 2.05) is 53.7 Å². The number of thiophene rings is 1. The molecule has 25 heavy (non-hydrogen) atoms. The van der Waals surface area contributed by atoms with E-state index >= 15 is 0 Å². The normalized spacial score (nSPS) is 11.2. The standard InChI is InChI=1S/C18H23ClN4OS/c1-20-18(23(2)13-14-6-8-15(19)9-7-14)22-11-4-10-21-17(24)16-5-3-12-25-16/h3,5-9,12H,4,10-11,13H2,1-2H3,(H,20,22)(H,21,24). The second-order valence-electron chi connectivity index (χ2n) is 5.54. The summed E-state index contributed by atoms with van der Waals surface area (Å²) in [5, 5.41) is 8.86. The van der Waals surface area contributed by atoms with Crippen LogP contribution in [0.2, 0.25) is 5.02 Å². The Morgan fingerprint density at radius 2 is 1.92 bits per heavy atom. The minimum atomic E-state index is -0.0146. The molecule has 5 nitrogen and oxygen atoms in total. The summed E-state index contributed by atoms with van der Waals surface area (Å²) in [6, 6.07) is 11.5. The van der Waals surface area contributed by atoms with Gasteiger partial charge in [-0.1, -0.05) is 29.8 Å². The second kappa shape index (κ2) is 10.1. The van der Waals surface area contributed by atoms with Crippen LogP contribution in [0.5, 0.6) is 0 Å². The number of carbonyl (C=O) groups excluding carboxylic acids is 1. The van der Waals surface area contributed by atoms with Crippen LogP contribution in [0.3, 0.4) is 0 Å². The van der Waals surface area contributed by atoms with E-state index in [0.717, 1.165) is 40.9 Å². The van der Waals surface area contributed by atoms with Crippen LogP contribution >= 0.6 is 22.9 Å². The van der Waals surface area contributed by atoms with E-state index in [0.29, 0.717) is 6.54 Å². The SMILES string of the molecule is CN=C(NCCCNC(=O)c1cccs1)N(C)Cc1ccc(Cl)cc1. The van der Waals surface area contributed by atoms with E-state index in [2.05, 4.69) is 15.6 Å². The third-order valence-corrected chi connectivity index (χ3v) is 4.69. The van der Waals surface area contributed by atoms with Crippen LogP contribution in [-0.4, -0.2) is 44.0 Å². The summed E-state index contributed by atoms with van der Waals surface area (Å²) >= 11 is 7.36. The number of rotatable bonds is 7. The summed E-state index contributed by atoms with van der Waals surface area (Å²) in [5.74, 6) is 0.804. The number of nitrogens with zero attached hydrogens (tertiary/aromatic N) is 2. The van der Waals surface area contributed by atoms with Crippen LogP contribution in [0.4, 0.5) is 0 Å². The van der Waals surface area contributed by atoms with Crippen LogP contribution in [0.25, 0.3) is 0 Å². The topological polar surface area (TPSA) is 56.7 Å². The molecule has 1 heterocycles. The summed E-state index contributed by atoms with van der Waals surface area (Å²) in [4.78, 5) is 18.9. The third-order valence-electron chi connectivity index (χ3n) is 3.57. The maximum atomic E-state index is 11.8. The molecule has 0 saturated carbocycles. The molecule has 7 heteroatoms. The number of guanidine groups is 1. The lowest BCUT2D eigenvalue weighted by atomic mass is 10.2. The number of benzene rings is 1. The van der Waals surface area contributed by atoms with Gasteiger partial charge in [0.15, 0.2) is 5.96 Å². The predicted octanol–water partition coefficient (Wildman–Crippen LogP) is 3.23. The minimum absolute atomic E-state index is 0.0146. The smallest absolute Gasteiger partial charge is 0.261 e. The quantitative estimate of drug-likeness (QED) is 0.442. The van der Waals surface area contributed by atoms with Crippen molar-refractivity contribution in [1.82, 2.24) is 15.5 Å². The molecule has 0 radical (unpaired) electrons. The Labute approximate surface area is 157 Å². The number of halogens is 1. The largest absolute Gasteiger partial charge is 0.356 e. The van der Waals surface area contributed by atoms with Crippen molar-refractivity contribution in [2.24, 2.45) is 4.99 Å². The van der Waals surface area contributed by atoms with Crippen LogP contribution in [0.15, 0.2) is 46.8 Å². The fourth-order valence-corrected chi connectivity index (χ4v) is 3.07. The van der Waals surface area contributed by atoms with E-state index in [9.17, 15) is 4.79 Å². The fourth-order valence-electron chi connectivity index (χ4n) is 2.31. The lowest BCUT2D eigenvalue weighted by molar-refractivity contribution is 0.0957. The molecular weight excluding hydrogens is 356 g/mol. The molecule has 1 aromatic heterocycles. The van der Waals surface area contributed by atoms with Crippen molar-refractivity contribution in [1.29, 1.82) is 0 Å². The molecule has 0 aliphatic carbocycles. The zero-order valence-electron chi connectivity index (χ0n) is 14.5. The zero-order valence-corrected chi connectivity index (χ0v) is 16.0. The Morgan fingerprint density at radius 3 is 2.56 bits per heavy atom. The number of amides is 1. The van der Waals surface area contributed by atoms with E-state index in [-0.39, 0.29) is 5.91 Å². The van der Waals surface area contributed by atoms with Gasteiger partial charge in [0.05, 0.1) is 4.88 Å². The van der Waals surface area contributed by atoms with Crippen LogP contribution in [0.1, 0.15) is 21.7 Å². The first-order valence-corrected chi connectivity index (χ1v) is 9.34. The summed E-state index contributed by atoms with van der Waals surface area (Å²) in [7, 11) is 3.75. The highest BCUT2D eigenvalue weighted by molar-refractivity contribution is 7.12. The number of carbonyl (C=O) groups is 1. The van der Waals surface area contributed by atoms with Crippen molar-refractivity contribution in [3.63, 3.8) is 0 Å². The van der Waals surface area contributed by atoms with Crippen molar-refractivity contribution in [2.75, 3.05) is 27.2 Å². The molecule has 1 amide bonds. The Balaban J connectivity index is 1.69. The average molecular weight is 379 g/mol. The van der Waals surface area contributed by atoms with Gasteiger partial charge >= 0.3 is 0 Å². The van der Waals surface area contributed by atoms with Gasteiger partial charge in [0, 0.05) is 38.8 Å². The monoisotopic (exact) mass is 378 g/mol. The first-order valence-electron chi connectivity index (χ1n) is 8.08. The van der Waals surface area contributed by atoms with Gasteiger partial charge in [0.25, 0.3) is 5.91 Å². The Kier molecular flexibility index (Phi) is 7.76. The summed E-state index contributed by atoms with van der Waals surface area (Å²) in [6.07, 6.45) is 0.824. The van der Waals surface area contributed by atoms with Gasteiger partial charge < -0.3 is 15.5 Å². The number of hydrogen-bond donors (Lipinski definition) is 2. The molecule has 0 spiro atoms. The summed E-state index contributed by atoms with van der Waals surface area (Å²) in [5.41, 5.74) is 1.16. The minimum Gasteiger partial charge on any atom is -0.356 e. The average Bonchev–Trinajstić information content (AvgIpc) is 3.14. The maximum Gasteiger partial charge on any atom is 0.261 e. The van der Waals surface area contributed by atoms with E-state index < -0.39 is 0 Å². The third kappa shape index (κ3) is 6.40. The number of hydrogen-bond acceptors (Lipinski definition) is 3. The predicted molar refractivity (Wildman–Crippen MR) is 106 cm³/mol. The lowest BCUT2D eigenvalue weighted by Gasteiger charge is -2.22. The molecule has 2 N–H and O–H groups in total. The summed E-state index contributed by atoms with van der Waals surface area (Å²) < 4.78 is 0. The molecule has 0 saturated heterocycles. The highest BCUT2D eigenvalue weighted by Crippen LogP contribution is 2.11. The molecule has 0 aliphatic heterocycles. The molecule has 2 rings (SSSR count). The highest BCUT2D eigenvalue weighted by Gasteiger charge is 2.07. The van der Waals surface area contributed by atoms with E-state index in [4.69, 9.17) is 11.6 Å². The molecule has 134 valence electrons. The van der Waals surface area contributed by atoms with Crippen molar-refractivity contribution in [3.05, 3.63) is 57.2 Å². The van der Waals surface area contributed by atoms with Crippen LogP contribution in [-0.2, 0) is 6.54 Å². The van der Waals surface area contributed by atoms with E-state index in [1.165, 1.54) is 11.3 Å². The van der Waals surface area contributed by atoms with Gasteiger partial charge in [0.1, 0.15) is 0 Å². The molecule has 1 aromatic carbocycles. The van der Waals surface area contributed by atoms with Crippen molar-refractivity contribution in [3.8, 4) is 0 Å². The molecule has 0 atom stereocenters. The van der Waals surface area contributed by atoms with Gasteiger partial charge in [0.2, 0.25) is 0 Å². The Hall–Kier alpha value is -2.05. The van der Waals surface area contributed by atoms with Gasteiger partial charge in [-0.25, -0.2) is 0 Å². The number of nitrogens with one attached hydrogen (secondary N) is 2. The molecule has 0 unspecified atom stereocenters. The molecular formula is C18H23ClN4OS. The second-order valence-corrected chi connectivity index (χ2v) is 6.93. The van der Waals surface area contributed by atoms with Gasteiger partial charge in [-0.3, -0.25) is 9.79 Å². The van der Waals surface area contributed by atoms with E-state index in [1.54, 1.807) is 7.05 Å². The molecule has 2 aromatic rings. The molecule has 0 fully saturated rings. The van der Waals surface area contributed by atoms with Gasteiger partial charge in [-0.15, -0.1) is 11.3 Å². The fraction of sp³-hybridized carbons (Fsp3) is 0.333. The Morgan fingerprint density at radius 1 is 1.20 bits per heavy atom. The number of aliphatic imine (C=N–C) groups is 1. The Bertz CT molecular complexity index is 686. The van der Waals surface area contributed by atoms with Crippen LogP contribution in [0, 0.1) is 0 Å². The van der Waals surface area contributed by atoms with Gasteiger partial charge in [-0.2, -0.15) is 0 Å². The lowest BCUT2D eigenvalue weighted by Crippen LogP contribution is -2.39. The van der Waals surface area contributed by atoms with Crippen molar-refractivity contribution >= 4 is 34.8 Å². The van der Waals surface area contributed by atoms with Crippen molar-refractivity contribution < 1.29 is 4.79 Å². The first-order chi connectivity index (χ1) is 12.1.